The molecule has 0 aliphatic rings. The van der Waals surface area contributed by atoms with Crippen molar-refractivity contribution in [1.82, 2.24) is 10.2 Å². The second-order valence-corrected chi connectivity index (χ2v) is 6.72. The van der Waals surface area contributed by atoms with Crippen molar-refractivity contribution < 1.29 is 14.6 Å². The molecule has 0 saturated carbocycles. The second kappa shape index (κ2) is 7.78. The summed E-state index contributed by atoms with van der Waals surface area (Å²) in [4.78, 5) is 3.40. The number of aliphatic hydroxyl groups is 1. The number of halogens is 1. The minimum absolute atomic E-state index is 0.101. The lowest BCUT2D eigenvalue weighted by molar-refractivity contribution is 0.148. The van der Waals surface area contributed by atoms with Crippen LogP contribution >= 0.6 is 11.6 Å². The molecule has 1 aromatic heterocycles. The number of phenols is 1. The first-order valence-corrected chi connectivity index (χ1v) is 8.74. The molecule has 0 amide bonds. The van der Waals surface area contributed by atoms with Crippen molar-refractivity contribution in [3.05, 3.63) is 69.9 Å². The van der Waals surface area contributed by atoms with Crippen molar-refractivity contribution >= 4 is 17.3 Å². The summed E-state index contributed by atoms with van der Waals surface area (Å²) in [7, 11) is 0. The molecule has 2 atom stereocenters. The molecule has 0 aliphatic heterocycles. The van der Waals surface area contributed by atoms with Gasteiger partial charge >= 0.3 is 0 Å². The summed E-state index contributed by atoms with van der Waals surface area (Å²) in [5, 5.41) is 28.4. The van der Waals surface area contributed by atoms with E-state index in [2.05, 4.69) is 15.0 Å². The summed E-state index contributed by atoms with van der Waals surface area (Å²) in [6, 6.07) is 10.0. The van der Waals surface area contributed by atoms with E-state index in [0.717, 1.165) is 11.1 Å². The normalized spacial score (nSPS) is 13.1. The molecule has 6 nitrogen and oxygen atoms in total. The van der Waals surface area contributed by atoms with Gasteiger partial charge in [0.2, 0.25) is 17.5 Å². The molecule has 7 heteroatoms. The van der Waals surface area contributed by atoms with Gasteiger partial charge in [0.15, 0.2) is 0 Å². The average Bonchev–Trinajstić information content (AvgIpc) is 3.12. The van der Waals surface area contributed by atoms with E-state index >= 15 is 0 Å². The summed E-state index contributed by atoms with van der Waals surface area (Å²) < 4.78 is 5.76. The van der Waals surface area contributed by atoms with Gasteiger partial charge in [0.25, 0.3) is 0 Å². The number of aliphatic hydroxyl groups excluding tert-OH is 1. The van der Waals surface area contributed by atoms with Gasteiger partial charge in [-0.05, 0) is 49.6 Å². The fraction of sp³-hybridized carbons (Fsp3) is 0.250. The highest BCUT2D eigenvalue weighted by atomic mass is 35.5. The fourth-order valence-corrected chi connectivity index (χ4v) is 3.09. The topological polar surface area (TPSA) is 83.7 Å². The molecule has 0 spiro atoms. The number of hydrogen-bond acceptors (Lipinski definition) is 5. The standard InChI is InChI=1S/C20H18ClN3O3/c1-11-13(7-8-17(22-3)18(11)21)10-16(12(2)25)20-24-23-19(27-20)14-5-4-6-15(26)9-14/h4-9,12,16,25-26H,10H2,1-2H3/t12-,16-/m1/s1. The molecule has 2 N–H and O–H groups in total. The molecule has 0 unspecified atom stereocenters. The van der Waals surface area contributed by atoms with Crippen LogP contribution in [0.4, 0.5) is 5.69 Å². The maximum absolute atomic E-state index is 10.3. The minimum Gasteiger partial charge on any atom is -0.508 e. The predicted octanol–water partition coefficient (Wildman–Crippen LogP) is 4.66. The Morgan fingerprint density at radius 3 is 2.70 bits per heavy atom. The van der Waals surface area contributed by atoms with Crippen molar-refractivity contribution in [1.29, 1.82) is 0 Å². The van der Waals surface area contributed by atoms with Crippen molar-refractivity contribution in [2.45, 2.75) is 32.3 Å². The molecular weight excluding hydrogens is 366 g/mol. The first-order chi connectivity index (χ1) is 12.9. The van der Waals surface area contributed by atoms with Gasteiger partial charge in [0, 0.05) is 5.56 Å². The summed E-state index contributed by atoms with van der Waals surface area (Å²) in [6.07, 6.45) is -0.301. The molecule has 3 rings (SSSR count). The molecule has 0 aliphatic carbocycles. The number of rotatable bonds is 5. The zero-order valence-electron chi connectivity index (χ0n) is 14.8. The monoisotopic (exact) mass is 383 g/mol. The maximum atomic E-state index is 10.3. The third kappa shape index (κ3) is 3.95. The summed E-state index contributed by atoms with van der Waals surface area (Å²) in [6.45, 7) is 10.6. The van der Waals surface area contributed by atoms with Crippen LogP contribution in [0.5, 0.6) is 5.75 Å². The van der Waals surface area contributed by atoms with Gasteiger partial charge in [-0.25, -0.2) is 4.85 Å². The van der Waals surface area contributed by atoms with Gasteiger partial charge in [-0.2, -0.15) is 0 Å². The Morgan fingerprint density at radius 1 is 1.26 bits per heavy atom. The van der Waals surface area contributed by atoms with Gasteiger partial charge in [-0.3, -0.25) is 0 Å². The van der Waals surface area contributed by atoms with Crippen LogP contribution in [0.15, 0.2) is 40.8 Å². The van der Waals surface area contributed by atoms with Gasteiger partial charge in [0.1, 0.15) is 5.75 Å². The van der Waals surface area contributed by atoms with Crippen LogP contribution in [-0.4, -0.2) is 26.5 Å². The van der Waals surface area contributed by atoms with E-state index in [-0.39, 0.29) is 11.6 Å². The third-order valence-electron chi connectivity index (χ3n) is 4.47. The molecular formula is C20H18ClN3O3. The van der Waals surface area contributed by atoms with Gasteiger partial charge in [0.05, 0.1) is 23.6 Å². The molecule has 0 bridgehead atoms. The van der Waals surface area contributed by atoms with E-state index in [1.807, 2.05) is 13.0 Å². The third-order valence-corrected chi connectivity index (χ3v) is 4.95. The van der Waals surface area contributed by atoms with Crippen LogP contribution in [0.1, 0.15) is 29.9 Å². The Balaban J connectivity index is 1.92. The van der Waals surface area contributed by atoms with Crippen LogP contribution in [0, 0.1) is 13.5 Å². The fourth-order valence-electron chi connectivity index (χ4n) is 2.86. The first kappa shape index (κ1) is 18.9. The first-order valence-electron chi connectivity index (χ1n) is 8.37. The van der Waals surface area contributed by atoms with E-state index in [0.29, 0.717) is 28.6 Å². The summed E-state index contributed by atoms with van der Waals surface area (Å²) in [5.41, 5.74) is 2.69. The lowest BCUT2D eigenvalue weighted by Gasteiger charge is -2.18. The highest BCUT2D eigenvalue weighted by molar-refractivity contribution is 6.34. The highest BCUT2D eigenvalue weighted by Crippen LogP contribution is 2.34. The van der Waals surface area contributed by atoms with Crippen molar-refractivity contribution in [2.24, 2.45) is 0 Å². The molecule has 2 aromatic carbocycles. The molecule has 3 aromatic rings. The van der Waals surface area contributed by atoms with Crippen molar-refractivity contribution in [3.8, 4) is 17.2 Å². The number of phenolic OH excluding ortho intramolecular Hbond substituents is 1. The Hall–Kier alpha value is -2.88. The van der Waals surface area contributed by atoms with Gasteiger partial charge in [-0.1, -0.05) is 29.8 Å². The Kier molecular flexibility index (Phi) is 5.45. The average molecular weight is 384 g/mol. The van der Waals surface area contributed by atoms with Gasteiger partial charge in [-0.15, -0.1) is 10.2 Å². The number of aromatic hydroxyl groups is 1. The summed E-state index contributed by atoms with van der Waals surface area (Å²) >= 11 is 6.26. The molecule has 0 fully saturated rings. The molecule has 0 saturated heterocycles. The zero-order chi connectivity index (χ0) is 19.6. The Bertz CT molecular complexity index is 1010. The Labute approximate surface area is 161 Å². The van der Waals surface area contributed by atoms with Crippen LogP contribution in [0.3, 0.4) is 0 Å². The zero-order valence-corrected chi connectivity index (χ0v) is 15.6. The van der Waals surface area contributed by atoms with E-state index in [4.69, 9.17) is 22.6 Å². The lowest BCUT2D eigenvalue weighted by Crippen LogP contribution is -2.18. The largest absolute Gasteiger partial charge is 0.508 e. The molecule has 1 heterocycles. The number of aromatic nitrogens is 2. The molecule has 0 radical (unpaired) electrons. The predicted molar refractivity (Wildman–Crippen MR) is 102 cm³/mol. The molecule has 27 heavy (non-hydrogen) atoms. The second-order valence-electron chi connectivity index (χ2n) is 6.34. The van der Waals surface area contributed by atoms with E-state index in [1.54, 1.807) is 31.2 Å². The Morgan fingerprint density at radius 2 is 2.04 bits per heavy atom. The van der Waals surface area contributed by atoms with Crippen molar-refractivity contribution in [2.75, 3.05) is 0 Å². The molecule has 138 valence electrons. The SMILES string of the molecule is [C-]#[N+]c1ccc(C[C@@H](c2nnc(-c3cccc(O)c3)o2)[C@@H](C)O)c(C)c1Cl. The minimum atomic E-state index is -0.735. The number of nitrogens with zero attached hydrogens (tertiary/aromatic N) is 3. The quantitative estimate of drug-likeness (QED) is 0.626. The highest BCUT2D eigenvalue weighted by Gasteiger charge is 2.26. The number of benzene rings is 2. The van der Waals surface area contributed by atoms with E-state index in [9.17, 15) is 10.2 Å². The maximum Gasteiger partial charge on any atom is 0.247 e. The van der Waals surface area contributed by atoms with Crippen molar-refractivity contribution in [3.63, 3.8) is 0 Å². The summed E-state index contributed by atoms with van der Waals surface area (Å²) in [5.74, 6) is 0.236. The van der Waals surface area contributed by atoms with Crippen LogP contribution < -0.4 is 0 Å². The smallest absolute Gasteiger partial charge is 0.247 e. The van der Waals surface area contributed by atoms with Crippen LogP contribution in [0.25, 0.3) is 16.3 Å². The van der Waals surface area contributed by atoms with Crippen LogP contribution in [-0.2, 0) is 6.42 Å². The van der Waals surface area contributed by atoms with Crippen LogP contribution in [0.2, 0.25) is 5.02 Å². The van der Waals surface area contributed by atoms with E-state index < -0.39 is 12.0 Å². The van der Waals surface area contributed by atoms with E-state index in [1.165, 1.54) is 6.07 Å². The lowest BCUT2D eigenvalue weighted by atomic mass is 9.92. The van der Waals surface area contributed by atoms with Gasteiger partial charge < -0.3 is 14.6 Å². The number of hydrogen-bond donors (Lipinski definition) is 2.